The molecule has 1 fully saturated rings. The fourth-order valence-electron chi connectivity index (χ4n) is 3.24. The molecule has 0 aliphatic carbocycles. The van der Waals surface area contributed by atoms with Crippen molar-refractivity contribution in [3.05, 3.63) is 42.1 Å². The van der Waals surface area contributed by atoms with E-state index in [1.54, 1.807) is 42.2 Å². The molecule has 0 unspecified atom stereocenters. The molecule has 8 heteroatoms. The summed E-state index contributed by atoms with van der Waals surface area (Å²) < 4.78 is 40.0. The van der Waals surface area contributed by atoms with Crippen molar-refractivity contribution < 1.29 is 18.0 Å². The number of aromatic nitrogens is 2. The van der Waals surface area contributed by atoms with Gasteiger partial charge in [0.05, 0.1) is 10.9 Å². The van der Waals surface area contributed by atoms with Crippen LogP contribution in [0.25, 0.3) is 11.3 Å². The minimum Gasteiger partial charge on any atom is -0.341 e. The van der Waals surface area contributed by atoms with Gasteiger partial charge in [-0.1, -0.05) is 49.0 Å². The van der Waals surface area contributed by atoms with Crippen molar-refractivity contribution in [2.45, 2.75) is 43.3 Å². The van der Waals surface area contributed by atoms with E-state index in [0.29, 0.717) is 24.6 Å². The van der Waals surface area contributed by atoms with E-state index >= 15 is 0 Å². The second-order valence-electron chi connectivity index (χ2n) is 7.08. The molecule has 1 aliphatic rings. The summed E-state index contributed by atoms with van der Waals surface area (Å²) in [7, 11) is 0. The molecule has 4 nitrogen and oxygen atoms in total. The van der Waals surface area contributed by atoms with Crippen LogP contribution in [0.2, 0.25) is 0 Å². The smallest absolute Gasteiger partial charge is 0.341 e. The van der Waals surface area contributed by atoms with Crippen molar-refractivity contribution in [2.24, 2.45) is 5.92 Å². The minimum atomic E-state index is -4.59. The maximum atomic E-state index is 13.3. The third-order valence-corrected chi connectivity index (χ3v) is 5.61. The lowest BCUT2D eigenvalue weighted by atomic mass is 10.0. The zero-order valence-electron chi connectivity index (χ0n) is 15.7. The molecule has 150 valence electrons. The van der Waals surface area contributed by atoms with E-state index in [2.05, 4.69) is 16.9 Å². The third kappa shape index (κ3) is 5.04. The number of halogens is 3. The number of hydrogen-bond donors (Lipinski definition) is 0. The van der Waals surface area contributed by atoms with E-state index in [9.17, 15) is 18.0 Å². The fourth-order valence-corrected chi connectivity index (χ4v) is 4.10. The van der Waals surface area contributed by atoms with E-state index in [-0.39, 0.29) is 16.8 Å². The molecule has 2 heterocycles. The summed E-state index contributed by atoms with van der Waals surface area (Å²) in [5.41, 5.74) is -0.243. The molecule has 3 rings (SSSR count). The topological polar surface area (TPSA) is 46.1 Å². The van der Waals surface area contributed by atoms with Gasteiger partial charge in [-0.05, 0) is 31.7 Å². The summed E-state index contributed by atoms with van der Waals surface area (Å²) >= 11 is 0.972. The first-order chi connectivity index (χ1) is 13.2. The van der Waals surface area contributed by atoms with Crippen LogP contribution < -0.4 is 0 Å². The highest BCUT2D eigenvalue weighted by molar-refractivity contribution is 8.00. The van der Waals surface area contributed by atoms with Crippen LogP contribution in [-0.2, 0) is 11.0 Å². The molecule has 1 aromatic heterocycles. The Labute approximate surface area is 166 Å². The normalized spacial score (nSPS) is 18.8. The highest BCUT2D eigenvalue weighted by Gasteiger charge is 2.34. The van der Waals surface area contributed by atoms with Crippen LogP contribution in [0, 0.1) is 5.92 Å². The Morgan fingerprint density at radius 1 is 1.25 bits per heavy atom. The van der Waals surface area contributed by atoms with Crippen molar-refractivity contribution in [2.75, 3.05) is 13.1 Å². The van der Waals surface area contributed by atoms with Gasteiger partial charge >= 0.3 is 6.18 Å². The molecule has 0 saturated carbocycles. The zero-order chi connectivity index (χ0) is 20.3. The number of likely N-dealkylation sites (tertiary alicyclic amines) is 1. The van der Waals surface area contributed by atoms with Crippen LogP contribution in [0.5, 0.6) is 0 Å². The van der Waals surface area contributed by atoms with Gasteiger partial charge in [-0.25, -0.2) is 9.97 Å². The highest BCUT2D eigenvalue weighted by atomic mass is 32.2. The third-order valence-electron chi connectivity index (χ3n) is 4.66. The predicted molar refractivity (Wildman–Crippen MR) is 103 cm³/mol. The zero-order valence-corrected chi connectivity index (χ0v) is 16.6. The van der Waals surface area contributed by atoms with Gasteiger partial charge in [0, 0.05) is 18.7 Å². The number of alkyl halides is 3. The number of rotatable bonds is 4. The minimum absolute atomic E-state index is 0.0421. The average Bonchev–Trinajstić information content (AvgIpc) is 2.67. The van der Waals surface area contributed by atoms with Crippen LogP contribution in [0.15, 0.2) is 41.6 Å². The summed E-state index contributed by atoms with van der Waals surface area (Å²) in [5, 5.41) is -0.600. The number of piperidine rings is 1. The molecular weight excluding hydrogens is 387 g/mol. The lowest BCUT2D eigenvalue weighted by Crippen LogP contribution is -2.42. The molecule has 0 N–H and O–H groups in total. The lowest BCUT2D eigenvalue weighted by molar-refractivity contribution is -0.141. The maximum absolute atomic E-state index is 13.3. The summed E-state index contributed by atoms with van der Waals surface area (Å²) in [4.78, 5) is 22.5. The molecule has 1 amide bonds. The van der Waals surface area contributed by atoms with Crippen LogP contribution in [0.3, 0.4) is 0 Å². The van der Waals surface area contributed by atoms with Crippen LogP contribution in [0.1, 0.15) is 32.4 Å². The molecule has 1 aromatic carbocycles. The van der Waals surface area contributed by atoms with Gasteiger partial charge in [0.15, 0.2) is 5.16 Å². The molecule has 0 radical (unpaired) electrons. The number of benzene rings is 1. The standard InChI is InChI=1S/C20H22F3N3OS/c1-13-7-6-10-26(12-13)18(27)14(2)28-19-24-16(15-8-4-3-5-9-15)11-17(25-19)20(21,22)23/h3-5,8-9,11,13-14H,6-7,10,12H2,1-2H3/t13-,14+/m1/s1. The summed E-state index contributed by atoms with van der Waals surface area (Å²) in [6.45, 7) is 5.16. The Morgan fingerprint density at radius 3 is 2.61 bits per heavy atom. The number of carbonyl (C=O) groups is 1. The van der Waals surface area contributed by atoms with E-state index in [4.69, 9.17) is 0 Å². The van der Waals surface area contributed by atoms with Crippen molar-refractivity contribution in [3.8, 4) is 11.3 Å². The van der Waals surface area contributed by atoms with Crippen molar-refractivity contribution >= 4 is 17.7 Å². The van der Waals surface area contributed by atoms with Gasteiger partial charge < -0.3 is 4.90 Å². The molecule has 0 bridgehead atoms. The number of hydrogen-bond acceptors (Lipinski definition) is 4. The number of nitrogens with zero attached hydrogens (tertiary/aromatic N) is 3. The number of amides is 1. The predicted octanol–water partition coefficient (Wildman–Crippen LogP) is 4.90. The van der Waals surface area contributed by atoms with Crippen LogP contribution in [-0.4, -0.2) is 39.1 Å². The van der Waals surface area contributed by atoms with Gasteiger partial charge in [0.25, 0.3) is 0 Å². The Bertz CT molecular complexity index is 829. The van der Waals surface area contributed by atoms with E-state index < -0.39 is 17.1 Å². The first-order valence-electron chi connectivity index (χ1n) is 9.21. The second kappa shape index (κ2) is 8.51. The van der Waals surface area contributed by atoms with Crippen molar-refractivity contribution in [1.82, 2.24) is 14.9 Å². The molecule has 2 atom stereocenters. The summed E-state index contributed by atoms with van der Waals surface area (Å²) in [6.07, 6.45) is -2.55. The van der Waals surface area contributed by atoms with Gasteiger partial charge in [-0.15, -0.1) is 0 Å². The van der Waals surface area contributed by atoms with Gasteiger partial charge in [0.1, 0.15) is 5.69 Å². The van der Waals surface area contributed by atoms with E-state index in [0.717, 1.165) is 30.7 Å². The largest absolute Gasteiger partial charge is 0.433 e. The average molecular weight is 409 g/mol. The van der Waals surface area contributed by atoms with Gasteiger partial charge in [-0.2, -0.15) is 13.2 Å². The maximum Gasteiger partial charge on any atom is 0.433 e. The molecule has 2 aromatic rings. The lowest BCUT2D eigenvalue weighted by Gasteiger charge is -2.32. The molecule has 28 heavy (non-hydrogen) atoms. The fraction of sp³-hybridized carbons (Fsp3) is 0.450. The van der Waals surface area contributed by atoms with Crippen LogP contribution >= 0.6 is 11.8 Å². The quantitative estimate of drug-likeness (QED) is 0.532. The van der Waals surface area contributed by atoms with E-state index in [1.807, 2.05) is 0 Å². The Morgan fingerprint density at radius 2 is 1.96 bits per heavy atom. The van der Waals surface area contributed by atoms with E-state index in [1.165, 1.54) is 0 Å². The van der Waals surface area contributed by atoms with Crippen molar-refractivity contribution in [1.29, 1.82) is 0 Å². The Balaban J connectivity index is 1.85. The van der Waals surface area contributed by atoms with Gasteiger partial charge in [0.2, 0.25) is 5.91 Å². The molecule has 1 aliphatic heterocycles. The number of thioether (sulfide) groups is 1. The SMILES string of the molecule is C[C@@H]1CCCN(C(=O)[C@H](C)Sc2nc(-c3ccccc3)cc(C(F)(F)F)n2)C1. The summed E-state index contributed by atoms with van der Waals surface area (Å²) in [5.74, 6) is 0.350. The molecule has 0 spiro atoms. The summed E-state index contributed by atoms with van der Waals surface area (Å²) in [6, 6.07) is 9.59. The molecule has 1 saturated heterocycles. The first kappa shape index (κ1) is 20.6. The first-order valence-corrected chi connectivity index (χ1v) is 10.1. The molecular formula is C20H22F3N3OS. The van der Waals surface area contributed by atoms with Gasteiger partial charge in [-0.3, -0.25) is 4.79 Å². The monoisotopic (exact) mass is 409 g/mol. The Kier molecular flexibility index (Phi) is 6.27. The van der Waals surface area contributed by atoms with Crippen LogP contribution in [0.4, 0.5) is 13.2 Å². The second-order valence-corrected chi connectivity index (χ2v) is 8.38. The Hall–Kier alpha value is -2.09. The van der Waals surface area contributed by atoms with Crippen molar-refractivity contribution in [3.63, 3.8) is 0 Å². The highest BCUT2D eigenvalue weighted by Crippen LogP contribution is 2.33. The number of carbonyl (C=O) groups excluding carboxylic acids is 1.